The van der Waals surface area contributed by atoms with Gasteiger partial charge in [-0.15, -0.1) is 0 Å². The van der Waals surface area contributed by atoms with Crippen molar-refractivity contribution in [3.63, 3.8) is 0 Å². The van der Waals surface area contributed by atoms with E-state index in [1.807, 2.05) is 0 Å². The number of carbonyl (C=O) groups excluding carboxylic acids is 1. The van der Waals surface area contributed by atoms with Crippen LogP contribution in [0.1, 0.15) is 23.0 Å². The number of nitrogens with zero attached hydrogens (tertiary/aromatic N) is 2. The Bertz CT molecular complexity index is 1040. The van der Waals surface area contributed by atoms with Crippen molar-refractivity contribution in [3.05, 3.63) is 58.6 Å². The summed E-state index contributed by atoms with van der Waals surface area (Å²) in [6.07, 6.45) is 1.33. The van der Waals surface area contributed by atoms with Crippen LogP contribution in [0.5, 0.6) is 0 Å². The van der Waals surface area contributed by atoms with Crippen LogP contribution in [0.25, 0.3) is 0 Å². The minimum Gasteiger partial charge on any atom is -0.378 e. The fourth-order valence-corrected chi connectivity index (χ4v) is 5.89. The van der Waals surface area contributed by atoms with Crippen molar-refractivity contribution in [1.82, 2.24) is 4.98 Å². The molecule has 2 aromatic rings. The molecule has 30 heavy (non-hydrogen) atoms. The van der Waals surface area contributed by atoms with Gasteiger partial charge in [0.25, 0.3) is 5.91 Å². The standard InChI is InChI=1S/C20H18ClF3N4OS/c1-10-16-19(8-22,28-18(25)30-20(10,16)9-23)13-6-12(3-4-14(13)24)27-17(29)15-5-2-11(21)7-26-15/h2-7,10,16H,8-9H2,1H3,(H2,25,28)(H,27,29)/t10?,16?,19-,20+/m1/s1. The molecule has 2 heterocycles. The highest BCUT2D eigenvalue weighted by Gasteiger charge is 2.74. The molecule has 1 fully saturated rings. The summed E-state index contributed by atoms with van der Waals surface area (Å²) in [5.41, 5.74) is 4.51. The molecule has 0 saturated heterocycles. The molecule has 10 heteroatoms. The Kier molecular flexibility index (Phi) is 5.22. The first-order valence-corrected chi connectivity index (χ1v) is 10.4. The molecule has 1 amide bonds. The molecule has 2 unspecified atom stereocenters. The number of pyridine rings is 1. The number of fused-ring (bicyclic) bond motifs is 1. The van der Waals surface area contributed by atoms with E-state index in [1.165, 1.54) is 30.5 Å². The van der Waals surface area contributed by atoms with Gasteiger partial charge in [0.05, 0.1) is 9.77 Å². The molecule has 1 aliphatic carbocycles. The Balaban J connectivity index is 1.71. The van der Waals surface area contributed by atoms with Gasteiger partial charge in [-0.3, -0.25) is 4.79 Å². The minimum absolute atomic E-state index is 0.0186. The quantitative estimate of drug-likeness (QED) is 0.704. The summed E-state index contributed by atoms with van der Waals surface area (Å²) in [7, 11) is 0. The largest absolute Gasteiger partial charge is 0.378 e. The van der Waals surface area contributed by atoms with Crippen molar-refractivity contribution in [2.75, 3.05) is 18.7 Å². The van der Waals surface area contributed by atoms with Gasteiger partial charge in [0, 0.05) is 23.4 Å². The predicted molar refractivity (Wildman–Crippen MR) is 112 cm³/mol. The number of alkyl halides is 2. The van der Waals surface area contributed by atoms with Gasteiger partial charge < -0.3 is 11.1 Å². The number of anilines is 1. The van der Waals surface area contributed by atoms with E-state index in [0.717, 1.165) is 17.8 Å². The van der Waals surface area contributed by atoms with Crippen molar-refractivity contribution in [2.24, 2.45) is 22.6 Å². The molecule has 158 valence electrons. The highest BCUT2D eigenvalue weighted by Crippen LogP contribution is 2.70. The second-order valence-electron chi connectivity index (χ2n) is 7.48. The van der Waals surface area contributed by atoms with Gasteiger partial charge in [0.2, 0.25) is 0 Å². The van der Waals surface area contributed by atoms with Crippen LogP contribution >= 0.6 is 23.4 Å². The summed E-state index contributed by atoms with van der Waals surface area (Å²) in [6, 6.07) is 6.75. The summed E-state index contributed by atoms with van der Waals surface area (Å²) in [5.74, 6) is -2.05. The third kappa shape index (κ3) is 3.15. The Labute approximate surface area is 180 Å². The molecule has 2 aliphatic rings. The first kappa shape index (κ1) is 21.0. The van der Waals surface area contributed by atoms with Gasteiger partial charge >= 0.3 is 0 Å². The maximum absolute atomic E-state index is 14.8. The molecule has 0 spiro atoms. The van der Waals surface area contributed by atoms with Crippen LogP contribution in [-0.2, 0) is 5.54 Å². The number of thioether (sulfide) groups is 1. The first-order chi connectivity index (χ1) is 14.3. The highest BCUT2D eigenvalue weighted by molar-refractivity contribution is 8.15. The zero-order valence-electron chi connectivity index (χ0n) is 15.8. The van der Waals surface area contributed by atoms with Crippen LogP contribution in [0.15, 0.2) is 41.5 Å². The minimum atomic E-state index is -1.65. The van der Waals surface area contributed by atoms with Gasteiger partial charge in [-0.2, -0.15) is 0 Å². The number of hydrogen-bond donors (Lipinski definition) is 2. The molecule has 0 bridgehead atoms. The monoisotopic (exact) mass is 454 g/mol. The van der Waals surface area contributed by atoms with E-state index in [1.54, 1.807) is 6.92 Å². The number of carbonyl (C=O) groups is 1. The molecule has 4 atom stereocenters. The second-order valence-corrected chi connectivity index (χ2v) is 9.29. The van der Waals surface area contributed by atoms with Crippen molar-refractivity contribution in [2.45, 2.75) is 17.2 Å². The van der Waals surface area contributed by atoms with E-state index in [0.29, 0.717) is 5.02 Å². The summed E-state index contributed by atoms with van der Waals surface area (Å²) in [4.78, 5) is 20.6. The summed E-state index contributed by atoms with van der Waals surface area (Å²) in [6.45, 7) is 0.0192. The maximum Gasteiger partial charge on any atom is 0.274 e. The fourth-order valence-electron chi connectivity index (χ4n) is 4.34. The van der Waals surface area contributed by atoms with Gasteiger partial charge in [0.1, 0.15) is 30.4 Å². The molecule has 1 aromatic carbocycles. The lowest BCUT2D eigenvalue weighted by atomic mass is 9.84. The third-order valence-corrected chi connectivity index (χ3v) is 7.51. The van der Waals surface area contributed by atoms with Crippen molar-refractivity contribution < 1.29 is 18.0 Å². The van der Waals surface area contributed by atoms with Gasteiger partial charge in [-0.05, 0) is 36.2 Å². The Morgan fingerprint density at radius 2 is 2.07 bits per heavy atom. The smallest absolute Gasteiger partial charge is 0.274 e. The lowest BCUT2D eigenvalue weighted by molar-refractivity contribution is 0.102. The normalized spacial score (nSPS) is 29.7. The molecule has 4 rings (SSSR count). The predicted octanol–water partition coefficient (Wildman–Crippen LogP) is 4.33. The van der Waals surface area contributed by atoms with Gasteiger partial charge in [-0.25, -0.2) is 23.1 Å². The number of amides is 1. The van der Waals surface area contributed by atoms with Gasteiger partial charge in [0.15, 0.2) is 5.17 Å². The number of aromatic nitrogens is 1. The third-order valence-electron chi connectivity index (χ3n) is 5.87. The van der Waals surface area contributed by atoms with Crippen LogP contribution < -0.4 is 11.1 Å². The van der Waals surface area contributed by atoms with Crippen LogP contribution in [0.3, 0.4) is 0 Å². The summed E-state index contributed by atoms with van der Waals surface area (Å²) >= 11 is 6.85. The number of hydrogen-bond acceptors (Lipinski definition) is 5. The number of aliphatic imine (C=N–C) groups is 1. The fraction of sp³-hybridized carbons (Fsp3) is 0.350. The average molecular weight is 455 g/mol. The first-order valence-electron chi connectivity index (χ1n) is 9.16. The summed E-state index contributed by atoms with van der Waals surface area (Å²) < 4.78 is 42.3. The molecule has 1 saturated carbocycles. The summed E-state index contributed by atoms with van der Waals surface area (Å²) in [5, 5.41) is 3.00. The highest BCUT2D eigenvalue weighted by atomic mass is 35.5. The average Bonchev–Trinajstić information content (AvgIpc) is 3.33. The second kappa shape index (κ2) is 7.46. The van der Waals surface area contributed by atoms with Crippen LogP contribution in [0.4, 0.5) is 18.9 Å². The Morgan fingerprint density at radius 1 is 1.30 bits per heavy atom. The number of nitrogens with two attached hydrogens (primary N) is 1. The van der Waals surface area contributed by atoms with E-state index >= 15 is 0 Å². The van der Waals surface area contributed by atoms with Crippen molar-refractivity contribution in [1.29, 1.82) is 0 Å². The Morgan fingerprint density at radius 3 is 2.70 bits per heavy atom. The lowest BCUT2D eigenvalue weighted by Gasteiger charge is -2.34. The molecule has 1 aromatic heterocycles. The SMILES string of the molecule is CC1C2[C@@]1(CF)SC(N)=N[C@]2(CF)c1cc(NC(=O)c2ccc(Cl)cn2)ccc1F. The van der Waals surface area contributed by atoms with Crippen LogP contribution in [-0.4, -0.2) is 34.2 Å². The lowest BCUT2D eigenvalue weighted by Crippen LogP contribution is -2.40. The van der Waals surface area contributed by atoms with E-state index in [-0.39, 0.29) is 28.0 Å². The maximum atomic E-state index is 14.8. The molecular weight excluding hydrogens is 437 g/mol. The van der Waals surface area contributed by atoms with E-state index in [4.69, 9.17) is 17.3 Å². The van der Waals surface area contributed by atoms with Crippen LogP contribution in [0.2, 0.25) is 5.02 Å². The van der Waals surface area contributed by atoms with E-state index < -0.39 is 41.3 Å². The van der Waals surface area contributed by atoms with Gasteiger partial charge in [-0.1, -0.05) is 30.3 Å². The zero-order valence-corrected chi connectivity index (χ0v) is 17.4. The molecule has 3 N–H and O–H groups in total. The number of amidine groups is 1. The Hall–Kier alpha value is -2.26. The van der Waals surface area contributed by atoms with Crippen molar-refractivity contribution in [3.8, 4) is 0 Å². The van der Waals surface area contributed by atoms with Crippen molar-refractivity contribution >= 4 is 40.1 Å². The molecule has 5 nitrogen and oxygen atoms in total. The molecule has 1 aliphatic heterocycles. The zero-order chi connectivity index (χ0) is 21.7. The van der Waals surface area contributed by atoms with E-state index in [9.17, 15) is 18.0 Å². The number of nitrogens with one attached hydrogen (secondary N) is 1. The van der Waals surface area contributed by atoms with Crippen LogP contribution in [0, 0.1) is 17.7 Å². The number of rotatable bonds is 5. The topological polar surface area (TPSA) is 80.4 Å². The van der Waals surface area contributed by atoms with E-state index in [2.05, 4.69) is 15.3 Å². The number of halogens is 4. The number of benzene rings is 1. The molecule has 0 radical (unpaired) electrons. The molecular formula is C20H18ClF3N4OS.